The van der Waals surface area contributed by atoms with Crippen molar-refractivity contribution in [2.24, 2.45) is 10.1 Å². The first-order chi connectivity index (χ1) is 18.9. The normalized spacial score (nSPS) is 18.5. The molecule has 3 aromatic rings. The highest BCUT2D eigenvalue weighted by atomic mass is 16.2. The smallest absolute Gasteiger partial charge is 0.258 e. The van der Waals surface area contributed by atoms with Gasteiger partial charge in [-0.2, -0.15) is 10.2 Å². The number of nitrogens with one attached hydrogen (secondary N) is 1. The molecule has 2 aliphatic rings. The van der Waals surface area contributed by atoms with Gasteiger partial charge in [0.1, 0.15) is 11.7 Å². The van der Waals surface area contributed by atoms with Gasteiger partial charge in [-0.15, -0.1) is 0 Å². The van der Waals surface area contributed by atoms with Gasteiger partial charge in [0.25, 0.3) is 5.91 Å². The standard InChI is InChI=1S/C30H36N8O/c1-5-31-29-26(20-32-37(29)6-2)30(39)33-28-19-27(34-38(28)25-13-7-22(3)8-14-25)24-11-9-23(10-12-24)21-36-17-15-35(4)16-18-36/h5-14,20,28H,2,15-19,21H2,1,3-4H3,(H,33,39). The largest absolute Gasteiger partial charge is 0.330 e. The molecule has 1 N–H and O–H groups in total. The van der Waals surface area contributed by atoms with E-state index in [4.69, 9.17) is 5.10 Å². The number of aliphatic imine (C=N–C) groups is 1. The summed E-state index contributed by atoms with van der Waals surface area (Å²) in [6.45, 7) is 13.0. The SMILES string of the molecule is C=Cn1ncc(C(=O)NC2CC(c3ccc(CN4CCN(C)CC4)cc3)=NN2c2ccc(C)cc2)c1N=CC. The molecule has 0 saturated carbocycles. The van der Waals surface area contributed by atoms with Gasteiger partial charge in [0.05, 0.1) is 17.6 Å². The molecule has 2 aromatic carbocycles. The third-order valence-electron chi connectivity index (χ3n) is 7.23. The van der Waals surface area contributed by atoms with Crippen molar-refractivity contribution < 1.29 is 4.79 Å². The summed E-state index contributed by atoms with van der Waals surface area (Å²) >= 11 is 0. The van der Waals surface area contributed by atoms with E-state index in [2.05, 4.69) is 82.2 Å². The Kier molecular flexibility index (Phi) is 7.99. The summed E-state index contributed by atoms with van der Waals surface area (Å²) in [6.07, 6.45) is 4.90. The molecule has 0 radical (unpaired) electrons. The lowest BCUT2D eigenvalue weighted by Crippen LogP contribution is -2.43. The summed E-state index contributed by atoms with van der Waals surface area (Å²) in [7, 11) is 2.18. The summed E-state index contributed by atoms with van der Waals surface area (Å²) < 4.78 is 1.49. The van der Waals surface area contributed by atoms with Crippen LogP contribution in [0.4, 0.5) is 11.5 Å². The van der Waals surface area contributed by atoms with Crippen molar-refractivity contribution in [1.82, 2.24) is 24.9 Å². The van der Waals surface area contributed by atoms with E-state index in [0.29, 0.717) is 17.8 Å². The van der Waals surface area contributed by atoms with Gasteiger partial charge >= 0.3 is 0 Å². The van der Waals surface area contributed by atoms with E-state index in [9.17, 15) is 4.79 Å². The molecule has 2 aliphatic heterocycles. The highest BCUT2D eigenvalue weighted by molar-refractivity contribution is 6.04. The van der Waals surface area contributed by atoms with Gasteiger partial charge in [0, 0.05) is 51.6 Å². The first-order valence-electron chi connectivity index (χ1n) is 13.4. The number of amides is 1. The van der Waals surface area contributed by atoms with Gasteiger partial charge in [-0.1, -0.05) is 48.5 Å². The number of piperazine rings is 1. The second-order valence-corrected chi connectivity index (χ2v) is 10.1. The number of nitrogens with zero attached hydrogens (tertiary/aromatic N) is 7. The number of carbonyl (C=O) groups excluding carboxylic acids is 1. The minimum atomic E-state index is -0.356. The van der Waals surface area contributed by atoms with Crippen LogP contribution in [0, 0.1) is 6.92 Å². The minimum Gasteiger partial charge on any atom is -0.330 e. The van der Waals surface area contributed by atoms with E-state index in [1.54, 1.807) is 13.1 Å². The van der Waals surface area contributed by atoms with E-state index in [1.807, 2.05) is 17.1 Å². The maximum Gasteiger partial charge on any atom is 0.258 e. The van der Waals surface area contributed by atoms with Gasteiger partial charge in [-0.25, -0.2) is 14.7 Å². The quantitative estimate of drug-likeness (QED) is 0.448. The van der Waals surface area contributed by atoms with Crippen LogP contribution in [0.1, 0.15) is 40.4 Å². The maximum absolute atomic E-state index is 13.4. The Bertz CT molecular complexity index is 1360. The molecule has 3 heterocycles. The number of benzene rings is 2. The number of hydrogen-bond donors (Lipinski definition) is 1. The van der Waals surface area contributed by atoms with Crippen molar-refractivity contribution in [2.45, 2.75) is 33.0 Å². The lowest BCUT2D eigenvalue weighted by molar-refractivity contribution is 0.0939. The monoisotopic (exact) mass is 524 g/mol. The van der Waals surface area contributed by atoms with Crippen LogP contribution >= 0.6 is 0 Å². The highest BCUT2D eigenvalue weighted by Crippen LogP contribution is 2.27. The Labute approximate surface area is 230 Å². The van der Waals surface area contributed by atoms with Gasteiger partial charge in [-0.05, 0) is 44.2 Å². The van der Waals surface area contributed by atoms with Crippen LogP contribution in [-0.4, -0.2) is 76.8 Å². The van der Waals surface area contributed by atoms with Crippen LogP contribution in [0.2, 0.25) is 0 Å². The molecule has 39 heavy (non-hydrogen) atoms. The zero-order chi connectivity index (χ0) is 27.4. The lowest BCUT2D eigenvalue weighted by atomic mass is 10.0. The van der Waals surface area contributed by atoms with Crippen molar-refractivity contribution in [3.8, 4) is 0 Å². The number of likely N-dealkylation sites (N-methyl/N-ethyl adjacent to an activating group) is 1. The molecular formula is C30H36N8O. The molecule has 1 atom stereocenters. The van der Waals surface area contributed by atoms with Crippen LogP contribution in [0.15, 0.2) is 71.4 Å². The average Bonchev–Trinajstić information content (AvgIpc) is 3.55. The van der Waals surface area contributed by atoms with Crippen molar-refractivity contribution in [2.75, 3.05) is 38.2 Å². The van der Waals surface area contributed by atoms with E-state index >= 15 is 0 Å². The van der Waals surface area contributed by atoms with Crippen molar-refractivity contribution in [3.05, 3.63) is 83.6 Å². The van der Waals surface area contributed by atoms with Crippen molar-refractivity contribution >= 4 is 35.5 Å². The average molecular weight is 525 g/mol. The molecule has 202 valence electrons. The molecule has 0 spiro atoms. The molecule has 0 bridgehead atoms. The fraction of sp³-hybridized carbons (Fsp3) is 0.333. The Balaban J connectivity index is 1.35. The molecule has 9 heteroatoms. The van der Waals surface area contributed by atoms with E-state index in [-0.39, 0.29) is 12.1 Å². The lowest BCUT2D eigenvalue weighted by Gasteiger charge is -2.32. The summed E-state index contributed by atoms with van der Waals surface area (Å²) in [5.41, 5.74) is 5.75. The molecule has 9 nitrogen and oxygen atoms in total. The minimum absolute atomic E-state index is 0.259. The Morgan fingerprint density at radius 3 is 2.49 bits per heavy atom. The van der Waals surface area contributed by atoms with E-state index in [1.165, 1.54) is 22.6 Å². The molecule has 1 unspecified atom stereocenters. The molecule has 1 aromatic heterocycles. The number of aryl methyl sites for hydroxylation is 1. The van der Waals surface area contributed by atoms with E-state index < -0.39 is 0 Å². The summed E-state index contributed by atoms with van der Waals surface area (Å²) in [5, 5.41) is 14.3. The Morgan fingerprint density at radius 2 is 1.82 bits per heavy atom. The number of hydrazone groups is 1. The second kappa shape index (κ2) is 11.8. The van der Waals surface area contributed by atoms with Crippen molar-refractivity contribution in [3.63, 3.8) is 0 Å². The topological polar surface area (TPSA) is 81.4 Å². The zero-order valence-corrected chi connectivity index (χ0v) is 22.9. The van der Waals surface area contributed by atoms with Crippen LogP contribution in [0.3, 0.4) is 0 Å². The fourth-order valence-electron chi connectivity index (χ4n) is 4.93. The van der Waals surface area contributed by atoms with Crippen LogP contribution in [-0.2, 0) is 6.54 Å². The van der Waals surface area contributed by atoms with Gasteiger partial charge in [0.2, 0.25) is 0 Å². The Hall–Kier alpha value is -4.08. The summed E-state index contributed by atoms with van der Waals surface area (Å²) in [4.78, 5) is 22.6. The van der Waals surface area contributed by atoms with E-state index in [0.717, 1.165) is 55.2 Å². The summed E-state index contributed by atoms with van der Waals surface area (Å²) in [5.74, 6) is 0.187. The number of rotatable bonds is 8. The molecular weight excluding hydrogens is 488 g/mol. The first-order valence-corrected chi connectivity index (χ1v) is 13.4. The maximum atomic E-state index is 13.4. The number of aromatic nitrogens is 2. The first kappa shape index (κ1) is 26.5. The summed E-state index contributed by atoms with van der Waals surface area (Å²) in [6, 6.07) is 16.8. The van der Waals surface area contributed by atoms with Gasteiger partial charge in [0.15, 0.2) is 5.82 Å². The molecule has 0 aliphatic carbocycles. The molecule has 5 rings (SSSR count). The molecule has 1 fully saturated rings. The van der Waals surface area contributed by atoms with Crippen molar-refractivity contribution in [1.29, 1.82) is 0 Å². The third-order valence-corrected chi connectivity index (χ3v) is 7.23. The Morgan fingerprint density at radius 1 is 1.10 bits per heavy atom. The van der Waals surface area contributed by atoms with Crippen LogP contribution in [0.25, 0.3) is 6.20 Å². The third kappa shape index (κ3) is 6.00. The fourth-order valence-corrected chi connectivity index (χ4v) is 4.93. The number of carbonyl (C=O) groups is 1. The van der Waals surface area contributed by atoms with Crippen LogP contribution in [0.5, 0.6) is 0 Å². The predicted octanol–water partition coefficient (Wildman–Crippen LogP) is 4.13. The zero-order valence-electron chi connectivity index (χ0n) is 22.9. The predicted molar refractivity (Wildman–Crippen MR) is 158 cm³/mol. The van der Waals surface area contributed by atoms with Gasteiger partial charge < -0.3 is 10.2 Å². The number of hydrogen-bond acceptors (Lipinski definition) is 7. The highest BCUT2D eigenvalue weighted by Gasteiger charge is 2.31. The molecule has 1 saturated heterocycles. The molecule has 1 amide bonds. The second-order valence-electron chi connectivity index (χ2n) is 10.1. The number of anilines is 1. The van der Waals surface area contributed by atoms with Crippen LogP contribution < -0.4 is 10.3 Å². The van der Waals surface area contributed by atoms with Gasteiger partial charge in [-0.3, -0.25) is 9.69 Å².